The monoisotopic (exact) mass is 485 g/mol. The predicted octanol–water partition coefficient (Wildman–Crippen LogP) is 5.15. The van der Waals surface area contributed by atoms with Crippen LogP contribution < -0.4 is 15.5 Å². The maximum Gasteiger partial charge on any atom is 0.289 e. The van der Waals surface area contributed by atoms with Gasteiger partial charge in [-0.15, -0.1) is 0 Å². The highest BCUT2D eigenvalue weighted by Crippen LogP contribution is 2.28. The number of aryl methyl sites for hydroxylation is 1. The Bertz CT molecular complexity index is 1320. The van der Waals surface area contributed by atoms with E-state index in [4.69, 9.17) is 4.52 Å². The van der Waals surface area contributed by atoms with Crippen LogP contribution in [-0.4, -0.2) is 36.6 Å². The molecule has 0 unspecified atom stereocenters. The number of carbonyl (C=O) groups is 2. The minimum Gasteiger partial charge on any atom is -0.371 e. The van der Waals surface area contributed by atoms with Gasteiger partial charge in [-0.3, -0.25) is 9.59 Å². The van der Waals surface area contributed by atoms with Crippen molar-refractivity contribution in [3.8, 4) is 17.3 Å². The first kappa shape index (κ1) is 25.0. The molecular formula is C28H31N5O3. The topological polar surface area (TPSA) is 111 Å². The van der Waals surface area contributed by atoms with E-state index >= 15 is 0 Å². The second-order valence-electron chi connectivity index (χ2n) is 10.4. The van der Waals surface area contributed by atoms with Crippen LogP contribution in [0.25, 0.3) is 11.3 Å². The zero-order valence-electron chi connectivity index (χ0n) is 21.1. The van der Waals surface area contributed by atoms with E-state index in [1.807, 2.05) is 52.0 Å². The van der Waals surface area contributed by atoms with E-state index in [9.17, 15) is 14.9 Å². The summed E-state index contributed by atoms with van der Waals surface area (Å²) in [6.45, 7) is 10.4. The second-order valence-corrected chi connectivity index (χ2v) is 10.4. The first-order valence-corrected chi connectivity index (χ1v) is 12.1. The van der Waals surface area contributed by atoms with Crippen molar-refractivity contribution < 1.29 is 14.1 Å². The number of hydrogen-bond donors (Lipinski definition) is 2. The van der Waals surface area contributed by atoms with Gasteiger partial charge in [-0.25, -0.2) is 0 Å². The molecule has 2 heterocycles. The highest BCUT2D eigenvalue weighted by molar-refractivity contribution is 6.05. The molecule has 1 saturated heterocycles. The zero-order chi connectivity index (χ0) is 25.9. The van der Waals surface area contributed by atoms with Crippen LogP contribution in [0.5, 0.6) is 0 Å². The van der Waals surface area contributed by atoms with Gasteiger partial charge in [0.2, 0.25) is 5.76 Å². The van der Waals surface area contributed by atoms with Crippen molar-refractivity contribution >= 4 is 23.2 Å². The van der Waals surface area contributed by atoms with Gasteiger partial charge in [0.05, 0.1) is 11.6 Å². The normalized spacial score (nSPS) is 13.4. The summed E-state index contributed by atoms with van der Waals surface area (Å²) in [5, 5.41) is 19.3. The molecule has 8 nitrogen and oxygen atoms in total. The Balaban J connectivity index is 1.53. The number of carbonyl (C=O) groups excluding carboxylic acids is 2. The molecule has 3 aromatic rings. The summed E-state index contributed by atoms with van der Waals surface area (Å²) in [4.78, 5) is 27.7. The van der Waals surface area contributed by atoms with Gasteiger partial charge in [0.1, 0.15) is 5.69 Å². The summed E-state index contributed by atoms with van der Waals surface area (Å²) in [6.07, 6.45) is 2.21. The smallest absolute Gasteiger partial charge is 0.289 e. The minimum absolute atomic E-state index is 0.0519. The lowest BCUT2D eigenvalue weighted by Crippen LogP contribution is -2.31. The summed E-state index contributed by atoms with van der Waals surface area (Å²) >= 11 is 0. The summed E-state index contributed by atoms with van der Waals surface area (Å²) in [5.41, 5.74) is 4.47. The first-order chi connectivity index (χ1) is 17.1. The number of aromatic nitrogens is 1. The Labute approximate surface area is 211 Å². The van der Waals surface area contributed by atoms with Crippen LogP contribution in [0.4, 0.5) is 11.4 Å². The number of nitriles is 1. The third kappa shape index (κ3) is 5.92. The molecule has 1 aliphatic heterocycles. The highest BCUT2D eigenvalue weighted by Gasteiger charge is 2.19. The van der Waals surface area contributed by atoms with Crippen molar-refractivity contribution in [1.82, 2.24) is 10.5 Å². The Morgan fingerprint density at radius 1 is 1.08 bits per heavy atom. The van der Waals surface area contributed by atoms with Crippen LogP contribution in [0.15, 0.2) is 47.0 Å². The predicted molar refractivity (Wildman–Crippen MR) is 139 cm³/mol. The van der Waals surface area contributed by atoms with Gasteiger partial charge in [-0.05, 0) is 61.1 Å². The number of nitrogens with one attached hydrogen (secondary N) is 2. The van der Waals surface area contributed by atoms with Gasteiger partial charge in [0.15, 0.2) is 0 Å². The van der Waals surface area contributed by atoms with Crippen molar-refractivity contribution in [1.29, 1.82) is 5.26 Å². The van der Waals surface area contributed by atoms with Crippen LogP contribution in [0.2, 0.25) is 0 Å². The molecule has 8 heteroatoms. The van der Waals surface area contributed by atoms with Crippen LogP contribution >= 0.6 is 0 Å². The average Bonchev–Trinajstić information content (AvgIpc) is 3.56. The molecule has 36 heavy (non-hydrogen) atoms. The van der Waals surface area contributed by atoms with E-state index in [1.165, 1.54) is 0 Å². The van der Waals surface area contributed by atoms with Gasteiger partial charge in [0.25, 0.3) is 11.8 Å². The molecule has 0 aliphatic carbocycles. The minimum atomic E-state index is -0.322. The van der Waals surface area contributed by atoms with Crippen LogP contribution in [0, 0.1) is 23.7 Å². The standard InChI is InChI=1S/C28H31N5O3/c1-18-7-8-21(14-23(18)24-15-25(36-32-24)27(35)30-17-28(2,3)4)31-26(34)20-11-19(16-29)12-22(13-20)33-9-5-6-10-33/h7-8,11-15H,5-6,9-10,17H2,1-4H3,(H,30,35)(H,31,34). The van der Waals surface area contributed by atoms with Gasteiger partial charge in [0, 0.05) is 48.2 Å². The quantitative estimate of drug-likeness (QED) is 0.499. The lowest BCUT2D eigenvalue weighted by atomic mass is 9.97. The Hall–Kier alpha value is -4.12. The third-order valence-corrected chi connectivity index (χ3v) is 6.06. The van der Waals surface area contributed by atoms with Crippen LogP contribution in [0.3, 0.4) is 0 Å². The van der Waals surface area contributed by atoms with E-state index < -0.39 is 0 Å². The third-order valence-electron chi connectivity index (χ3n) is 6.06. The molecule has 4 rings (SSSR count). The molecule has 186 valence electrons. The summed E-state index contributed by atoms with van der Waals surface area (Å²) in [6, 6.07) is 14.5. The lowest BCUT2D eigenvalue weighted by molar-refractivity contribution is 0.0902. The molecule has 0 bridgehead atoms. The molecule has 2 aromatic carbocycles. The fourth-order valence-electron chi connectivity index (χ4n) is 4.09. The maximum absolute atomic E-state index is 13.1. The molecule has 0 atom stereocenters. The number of benzene rings is 2. The van der Waals surface area contributed by atoms with Gasteiger partial charge in [-0.1, -0.05) is 32.0 Å². The van der Waals surface area contributed by atoms with E-state index in [1.54, 1.807) is 18.2 Å². The molecular weight excluding hydrogens is 454 g/mol. The molecule has 1 aromatic heterocycles. The van der Waals surface area contributed by atoms with Crippen LogP contribution in [-0.2, 0) is 0 Å². The fourth-order valence-corrected chi connectivity index (χ4v) is 4.09. The number of hydrogen-bond acceptors (Lipinski definition) is 6. The number of amides is 2. The van der Waals surface area contributed by atoms with Gasteiger partial charge >= 0.3 is 0 Å². The van der Waals surface area contributed by atoms with E-state index in [0.29, 0.717) is 29.1 Å². The van der Waals surface area contributed by atoms with E-state index in [-0.39, 0.29) is 23.0 Å². The molecule has 1 fully saturated rings. The Morgan fingerprint density at radius 2 is 1.83 bits per heavy atom. The second kappa shape index (κ2) is 10.2. The molecule has 0 radical (unpaired) electrons. The van der Waals surface area contributed by atoms with Crippen LogP contribution in [0.1, 0.15) is 65.7 Å². The SMILES string of the molecule is Cc1ccc(NC(=O)c2cc(C#N)cc(N3CCCC3)c2)cc1-c1cc(C(=O)NCC(C)(C)C)on1. The highest BCUT2D eigenvalue weighted by atomic mass is 16.5. The molecule has 2 N–H and O–H groups in total. The Morgan fingerprint density at radius 3 is 2.53 bits per heavy atom. The van der Waals surface area contributed by atoms with Gasteiger partial charge < -0.3 is 20.1 Å². The largest absolute Gasteiger partial charge is 0.371 e. The molecule has 0 saturated carbocycles. The van der Waals surface area contributed by atoms with E-state index in [2.05, 4.69) is 26.8 Å². The summed E-state index contributed by atoms with van der Waals surface area (Å²) in [5.74, 6) is -0.493. The van der Waals surface area contributed by atoms with Crippen molar-refractivity contribution in [2.75, 3.05) is 29.9 Å². The average molecular weight is 486 g/mol. The number of rotatable bonds is 6. The Kier molecular flexibility index (Phi) is 7.11. The fraction of sp³-hybridized carbons (Fsp3) is 0.357. The summed E-state index contributed by atoms with van der Waals surface area (Å²) in [7, 11) is 0. The molecule has 2 amide bonds. The lowest BCUT2D eigenvalue weighted by Gasteiger charge is -2.19. The van der Waals surface area contributed by atoms with Gasteiger partial charge in [-0.2, -0.15) is 5.26 Å². The first-order valence-electron chi connectivity index (χ1n) is 12.1. The van der Waals surface area contributed by atoms with Crippen molar-refractivity contribution in [2.24, 2.45) is 5.41 Å². The zero-order valence-corrected chi connectivity index (χ0v) is 21.1. The molecule has 0 spiro atoms. The van der Waals surface area contributed by atoms with E-state index in [0.717, 1.165) is 42.7 Å². The maximum atomic E-state index is 13.1. The summed E-state index contributed by atoms with van der Waals surface area (Å²) < 4.78 is 5.29. The van der Waals surface area contributed by atoms with Crippen molar-refractivity contribution in [2.45, 2.75) is 40.5 Å². The van der Waals surface area contributed by atoms with Crippen molar-refractivity contribution in [3.63, 3.8) is 0 Å². The number of nitrogens with zero attached hydrogens (tertiary/aromatic N) is 3. The van der Waals surface area contributed by atoms with Crippen molar-refractivity contribution in [3.05, 3.63) is 64.9 Å². The molecule has 1 aliphatic rings. The number of anilines is 2.